The summed E-state index contributed by atoms with van der Waals surface area (Å²) in [5.41, 5.74) is -0.194. The number of hydrogen-bond acceptors (Lipinski definition) is 4. The molecule has 0 aromatic carbocycles. The molecule has 0 aromatic heterocycles. The summed E-state index contributed by atoms with van der Waals surface area (Å²) in [7, 11) is 0. The molecule has 1 N–H and O–H groups in total. The van der Waals surface area contributed by atoms with E-state index in [1.165, 1.54) is 0 Å². The monoisotopic (exact) mass is 342 g/mol. The number of rotatable bonds is 1. The van der Waals surface area contributed by atoms with Gasteiger partial charge in [-0.3, -0.25) is 9.59 Å². The van der Waals surface area contributed by atoms with Gasteiger partial charge in [0, 0.05) is 11.8 Å². The van der Waals surface area contributed by atoms with Gasteiger partial charge in [0.25, 0.3) is 0 Å². The third kappa shape index (κ3) is 1.62. The second-order valence-electron chi connectivity index (χ2n) is 9.30. The Bertz CT molecular complexity index is 751. The Labute approximate surface area is 148 Å². The van der Waals surface area contributed by atoms with Crippen molar-refractivity contribution < 1.29 is 19.4 Å². The first-order chi connectivity index (χ1) is 11.7. The van der Waals surface area contributed by atoms with Crippen molar-refractivity contribution in [2.45, 2.75) is 64.3 Å². The molecule has 5 rings (SSSR count). The number of epoxide rings is 1. The fourth-order valence-corrected chi connectivity index (χ4v) is 7.04. The molecule has 1 saturated heterocycles. The van der Waals surface area contributed by atoms with Gasteiger partial charge in [-0.15, -0.1) is 0 Å². The SMILES string of the molecule is CC(=O)[C@]12OC1C[C@H]1[C@@H]3C=CC4=CC(=O)CC[C@]4(C)[C@H]3C[C@@H](O)[C@@]12C. The minimum absolute atomic E-state index is 0.0283. The molecule has 0 bridgehead atoms. The van der Waals surface area contributed by atoms with Gasteiger partial charge in [-0.2, -0.15) is 0 Å². The number of hydrogen-bond donors (Lipinski definition) is 1. The number of aliphatic hydroxyl groups is 1. The smallest absolute Gasteiger partial charge is 0.164 e. The van der Waals surface area contributed by atoms with Crippen LogP contribution in [0, 0.1) is 28.6 Å². The van der Waals surface area contributed by atoms with Crippen LogP contribution in [0.2, 0.25) is 0 Å². The number of aliphatic hydroxyl groups excluding tert-OH is 1. The highest BCUT2D eigenvalue weighted by Gasteiger charge is 2.81. The molecule has 1 aliphatic heterocycles. The van der Waals surface area contributed by atoms with Crippen molar-refractivity contribution in [1.82, 2.24) is 0 Å². The molecule has 3 fully saturated rings. The van der Waals surface area contributed by atoms with E-state index in [0.29, 0.717) is 24.7 Å². The molecule has 4 aliphatic carbocycles. The quantitative estimate of drug-likeness (QED) is 0.744. The van der Waals surface area contributed by atoms with Crippen LogP contribution >= 0.6 is 0 Å². The van der Waals surface area contributed by atoms with E-state index in [0.717, 1.165) is 18.4 Å². The van der Waals surface area contributed by atoms with Crippen LogP contribution in [0.25, 0.3) is 0 Å². The number of carbonyl (C=O) groups is 2. The molecule has 2 saturated carbocycles. The first-order valence-corrected chi connectivity index (χ1v) is 9.55. The predicted octanol–water partition coefficient (Wildman–Crippen LogP) is 2.60. The van der Waals surface area contributed by atoms with Gasteiger partial charge in [0.1, 0.15) is 0 Å². The molecule has 0 spiro atoms. The van der Waals surface area contributed by atoms with Crippen molar-refractivity contribution in [3.63, 3.8) is 0 Å². The summed E-state index contributed by atoms with van der Waals surface area (Å²) in [4.78, 5) is 24.3. The van der Waals surface area contributed by atoms with E-state index in [1.54, 1.807) is 6.92 Å². The summed E-state index contributed by atoms with van der Waals surface area (Å²) in [6.07, 6.45) is 8.61. The third-order valence-corrected chi connectivity index (χ3v) is 8.57. The second kappa shape index (κ2) is 4.52. The third-order valence-electron chi connectivity index (χ3n) is 8.57. The summed E-state index contributed by atoms with van der Waals surface area (Å²) < 4.78 is 5.88. The average molecular weight is 342 g/mol. The number of allylic oxidation sites excluding steroid dienone is 4. The van der Waals surface area contributed by atoms with E-state index >= 15 is 0 Å². The van der Waals surface area contributed by atoms with Crippen LogP contribution in [0.5, 0.6) is 0 Å². The van der Waals surface area contributed by atoms with Crippen LogP contribution in [-0.2, 0) is 14.3 Å². The fraction of sp³-hybridized carbons (Fsp3) is 0.714. The summed E-state index contributed by atoms with van der Waals surface area (Å²) in [6.45, 7) is 5.94. The van der Waals surface area contributed by atoms with E-state index in [4.69, 9.17) is 4.74 Å². The first kappa shape index (κ1) is 16.0. The number of carbonyl (C=O) groups excluding carboxylic acids is 2. The molecule has 1 unspecified atom stereocenters. The lowest BCUT2D eigenvalue weighted by atomic mass is 9.47. The van der Waals surface area contributed by atoms with Gasteiger partial charge < -0.3 is 9.84 Å². The Kier molecular flexibility index (Phi) is 2.89. The molecule has 1 heterocycles. The van der Waals surface area contributed by atoms with Crippen LogP contribution in [0.4, 0.5) is 0 Å². The lowest BCUT2D eigenvalue weighted by Crippen LogP contribution is -2.60. The van der Waals surface area contributed by atoms with E-state index < -0.39 is 17.1 Å². The zero-order valence-electron chi connectivity index (χ0n) is 15.1. The summed E-state index contributed by atoms with van der Waals surface area (Å²) in [6, 6.07) is 0. The van der Waals surface area contributed by atoms with Crippen molar-refractivity contribution in [3.8, 4) is 0 Å². The Balaban J connectivity index is 1.60. The lowest BCUT2D eigenvalue weighted by Gasteiger charge is -2.58. The molecule has 0 radical (unpaired) electrons. The minimum Gasteiger partial charge on any atom is -0.392 e. The van der Waals surface area contributed by atoms with Crippen molar-refractivity contribution in [2.75, 3.05) is 0 Å². The molecule has 4 nitrogen and oxygen atoms in total. The van der Waals surface area contributed by atoms with Gasteiger partial charge in [0.05, 0.1) is 12.2 Å². The van der Waals surface area contributed by atoms with Crippen LogP contribution in [-0.4, -0.2) is 34.5 Å². The van der Waals surface area contributed by atoms with Crippen molar-refractivity contribution in [1.29, 1.82) is 0 Å². The highest BCUT2D eigenvalue weighted by atomic mass is 16.6. The summed E-state index contributed by atoms with van der Waals surface area (Å²) in [5.74, 6) is 1.21. The summed E-state index contributed by atoms with van der Waals surface area (Å²) >= 11 is 0. The summed E-state index contributed by atoms with van der Waals surface area (Å²) in [5, 5.41) is 11.2. The normalized spacial score (nSPS) is 55.6. The number of fused-ring (bicyclic) bond motifs is 7. The maximum Gasteiger partial charge on any atom is 0.164 e. The highest BCUT2D eigenvalue weighted by molar-refractivity contribution is 5.92. The van der Waals surface area contributed by atoms with E-state index in [-0.39, 0.29) is 29.0 Å². The molecule has 0 amide bonds. The van der Waals surface area contributed by atoms with Crippen LogP contribution in [0.1, 0.15) is 46.5 Å². The Hall–Kier alpha value is -1.26. The molecule has 134 valence electrons. The Morgan fingerprint density at radius 1 is 1.28 bits per heavy atom. The highest BCUT2D eigenvalue weighted by Crippen LogP contribution is 2.72. The van der Waals surface area contributed by atoms with Gasteiger partial charge >= 0.3 is 0 Å². The van der Waals surface area contributed by atoms with Crippen molar-refractivity contribution in [2.24, 2.45) is 28.6 Å². The van der Waals surface area contributed by atoms with Crippen molar-refractivity contribution in [3.05, 3.63) is 23.8 Å². The van der Waals surface area contributed by atoms with Gasteiger partial charge in [0.15, 0.2) is 17.2 Å². The number of ketones is 2. The maximum atomic E-state index is 12.4. The number of Topliss-reactive ketones (excluding diaryl/α,β-unsaturated/α-hetero) is 1. The van der Waals surface area contributed by atoms with E-state index in [2.05, 4.69) is 26.0 Å². The van der Waals surface area contributed by atoms with Gasteiger partial charge in [-0.1, -0.05) is 26.0 Å². The Morgan fingerprint density at radius 2 is 2.04 bits per heavy atom. The Morgan fingerprint density at radius 3 is 2.76 bits per heavy atom. The molecular formula is C21H26O4. The minimum atomic E-state index is -0.768. The average Bonchev–Trinajstić information content (AvgIpc) is 3.23. The molecule has 5 aliphatic rings. The van der Waals surface area contributed by atoms with Gasteiger partial charge in [-0.05, 0) is 61.0 Å². The molecule has 25 heavy (non-hydrogen) atoms. The van der Waals surface area contributed by atoms with Crippen LogP contribution in [0.15, 0.2) is 23.8 Å². The first-order valence-electron chi connectivity index (χ1n) is 9.55. The maximum absolute atomic E-state index is 12.4. The molecular weight excluding hydrogens is 316 g/mol. The predicted molar refractivity (Wildman–Crippen MR) is 91.7 cm³/mol. The lowest BCUT2D eigenvalue weighted by molar-refractivity contribution is -0.156. The van der Waals surface area contributed by atoms with Crippen LogP contribution < -0.4 is 0 Å². The standard InChI is InChI=1S/C21H26O4/c1-11(22)21-18(25-21)10-16-14-5-4-12-8-13(23)6-7-19(12,2)15(14)9-17(24)20(16,21)3/h4-5,8,14-18,24H,6-7,9-10H2,1-3H3/t14-,15+,16+,17-,18?,19+,20-,21+/m1/s1. The molecule has 4 heteroatoms. The molecule has 8 atom stereocenters. The zero-order chi connectivity index (χ0) is 17.8. The van der Waals surface area contributed by atoms with E-state index in [9.17, 15) is 14.7 Å². The topological polar surface area (TPSA) is 66.9 Å². The van der Waals surface area contributed by atoms with Crippen LogP contribution in [0.3, 0.4) is 0 Å². The van der Waals surface area contributed by atoms with Gasteiger partial charge in [-0.25, -0.2) is 0 Å². The molecule has 0 aromatic rings. The zero-order valence-corrected chi connectivity index (χ0v) is 15.1. The second-order valence-corrected chi connectivity index (χ2v) is 9.30. The number of ether oxygens (including phenoxy) is 1. The van der Waals surface area contributed by atoms with Gasteiger partial charge in [0.2, 0.25) is 0 Å². The van der Waals surface area contributed by atoms with Crippen molar-refractivity contribution >= 4 is 11.6 Å². The fourth-order valence-electron chi connectivity index (χ4n) is 7.04. The largest absolute Gasteiger partial charge is 0.392 e. The van der Waals surface area contributed by atoms with E-state index in [1.807, 2.05) is 6.08 Å².